The van der Waals surface area contributed by atoms with E-state index in [4.69, 9.17) is 9.52 Å². The molecule has 0 unspecified atom stereocenters. The van der Waals surface area contributed by atoms with Crippen LogP contribution in [0, 0.1) is 6.92 Å². The quantitative estimate of drug-likeness (QED) is 0.480. The van der Waals surface area contributed by atoms with Gasteiger partial charge in [0.1, 0.15) is 5.69 Å². The maximum atomic E-state index is 12.7. The van der Waals surface area contributed by atoms with E-state index in [1.54, 1.807) is 18.3 Å². The maximum Gasteiger partial charge on any atom is 0.268 e. The van der Waals surface area contributed by atoms with Gasteiger partial charge in [0.15, 0.2) is 0 Å². The Hall–Kier alpha value is -3.26. The normalized spacial score (nSPS) is 11.6. The van der Waals surface area contributed by atoms with E-state index in [-0.39, 0.29) is 11.3 Å². The third-order valence-corrected chi connectivity index (χ3v) is 5.75. The van der Waals surface area contributed by atoms with Crippen molar-refractivity contribution in [3.8, 4) is 17.3 Å². The summed E-state index contributed by atoms with van der Waals surface area (Å²) in [5.74, 6) is 0.767. The van der Waals surface area contributed by atoms with E-state index < -0.39 is 0 Å². The van der Waals surface area contributed by atoms with Crippen molar-refractivity contribution in [3.05, 3.63) is 69.9 Å². The smallest absolute Gasteiger partial charge is 0.268 e. The molecule has 0 atom stereocenters. The molecule has 0 aliphatic heterocycles. The molecule has 1 aromatic carbocycles. The lowest BCUT2D eigenvalue weighted by atomic mass is 9.91. The van der Waals surface area contributed by atoms with Crippen molar-refractivity contribution in [2.75, 3.05) is 6.54 Å². The summed E-state index contributed by atoms with van der Waals surface area (Å²) in [6.07, 6.45) is 0.823. The van der Waals surface area contributed by atoms with Crippen molar-refractivity contribution in [1.29, 1.82) is 0 Å². The molecule has 0 saturated heterocycles. The number of thiophene rings is 1. The molecule has 7 nitrogen and oxygen atoms in total. The van der Waals surface area contributed by atoms with Gasteiger partial charge in [-0.25, -0.2) is 4.68 Å². The van der Waals surface area contributed by atoms with Gasteiger partial charge in [-0.1, -0.05) is 32.9 Å². The highest BCUT2D eigenvalue weighted by atomic mass is 32.1. The van der Waals surface area contributed by atoms with Gasteiger partial charge in [-0.3, -0.25) is 4.79 Å². The van der Waals surface area contributed by atoms with Crippen LogP contribution in [0.2, 0.25) is 0 Å². The highest BCUT2D eigenvalue weighted by molar-refractivity contribution is 7.09. The van der Waals surface area contributed by atoms with Crippen LogP contribution in [0.25, 0.3) is 17.3 Å². The zero-order valence-corrected chi connectivity index (χ0v) is 18.9. The second-order valence-electron chi connectivity index (χ2n) is 8.34. The minimum Gasteiger partial charge on any atom is -0.420 e. The fourth-order valence-corrected chi connectivity index (χ4v) is 3.96. The van der Waals surface area contributed by atoms with E-state index in [0.29, 0.717) is 29.6 Å². The number of hydrogen-bond acceptors (Lipinski definition) is 6. The molecule has 0 fully saturated rings. The van der Waals surface area contributed by atoms with Crippen LogP contribution >= 0.6 is 11.3 Å². The molecule has 0 radical (unpaired) electrons. The number of amides is 1. The number of carbonyl (C=O) groups excluding carboxylic acids is 1. The molecule has 3 aromatic heterocycles. The van der Waals surface area contributed by atoms with Crippen LogP contribution in [0.1, 0.15) is 47.6 Å². The van der Waals surface area contributed by atoms with Crippen molar-refractivity contribution < 1.29 is 9.21 Å². The van der Waals surface area contributed by atoms with Gasteiger partial charge < -0.3 is 9.73 Å². The Morgan fingerprint density at radius 1 is 1.16 bits per heavy atom. The summed E-state index contributed by atoms with van der Waals surface area (Å²) < 4.78 is 7.41. The summed E-state index contributed by atoms with van der Waals surface area (Å²) in [5.41, 5.74) is 2.80. The van der Waals surface area contributed by atoms with E-state index in [1.165, 1.54) is 4.88 Å². The molecule has 1 N–H and O–H groups in total. The first-order valence-electron chi connectivity index (χ1n) is 10.1. The van der Waals surface area contributed by atoms with E-state index in [2.05, 4.69) is 42.4 Å². The Morgan fingerprint density at radius 3 is 2.68 bits per heavy atom. The fourth-order valence-electron chi connectivity index (χ4n) is 3.25. The van der Waals surface area contributed by atoms with Crippen LogP contribution < -0.4 is 5.32 Å². The van der Waals surface area contributed by atoms with Crippen molar-refractivity contribution in [2.45, 2.75) is 39.5 Å². The molecule has 3 heterocycles. The molecule has 8 heteroatoms. The van der Waals surface area contributed by atoms with Gasteiger partial charge in [-0.2, -0.15) is 5.10 Å². The molecule has 0 spiro atoms. The Balaban J connectivity index is 1.60. The molecule has 160 valence electrons. The third kappa shape index (κ3) is 4.74. The lowest BCUT2D eigenvalue weighted by molar-refractivity contribution is 0.0954. The average Bonchev–Trinajstić information content (AvgIpc) is 3.48. The predicted molar refractivity (Wildman–Crippen MR) is 121 cm³/mol. The Morgan fingerprint density at radius 2 is 2.00 bits per heavy atom. The van der Waals surface area contributed by atoms with E-state index in [1.807, 2.05) is 46.5 Å². The molecule has 4 aromatic rings. The van der Waals surface area contributed by atoms with Gasteiger partial charge in [0.05, 0.1) is 11.4 Å². The van der Waals surface area contributed by atoms with Crippen molar-refractivity contribution >= 4 is 17.2 Å². The molecule has 0 bridgehead atoms. The standard InChI is InChI=1S/C23H25N5O2S/c1-15-25-26-22(30-15)19-14-20(23(2,3)4)28(27-19)17-8-5-7-16(13-17)21(29)24-11-10-18-9-6-12-31-18/h5-9,12-14H,10-11H2,1-4H3,(H,24,29). The second-order valence-corrected chi connectivity index (χ2v) is 9.37. The molecule has 4 rings (SSSR count). The topological polar surface area (TPSA) is 85.8 Å². The van der Waals surface area contributed by atoms with Crippen LogP contribution in [0.4, 0.5) is 0 Å². The minimum atomic E-state index is -0.181. The Bertz CT molecular complexity index is 1190. The number of hydrogen-bond donors (Lipinski definition) is 1. The molecule has 0 aliphatic rings. The number of aromatic nitrogens is 4. The average molecular weight is 436 g/mol. The molecular weight excluding hydrogens is 410 g/mol. The number of nitrogens with zero attached hydrogens (tertiary/aromatic N) is 4. The molecule has 0 aliphatic carbocycles. The summed E-state index contributed by atoms with van der Waals surface area (Å²) in [6, 6.07) is 13.5. The number of benzene rings is 1. The summed E-state index contributed by atoms with van der Waals surface area (Å²) in [6.45, 7) is 8.69. The van der Waals surface area contributed by atoms with Crippen LogP contribution in [-0.2, 0) is 11.8 Å². The Kier molecular flexibility index (Phi) is 5.73. The number of rotatable bonds is 6. The number of carbonyl (C=O) groups is 1. The maximum absolute atomic E-state index is 12.7. The summed E-state index contributed by atoms with van der Waals surface area (Å²) in [4.78, 5) is 14.0. The second kappa shape index (κ2) is 8.47. The van der Waals surface area contributed by atoms with Crippen molar-refractivity contribution in [1.82, 2.24) is 25.3 Å². The van der Waals surface area contributed by atoms with E-state index in [9.17, 15) is 4.79 Å². The third-order valence-electron chi connectivity index (χ3n) is 4.81. The van der Waals surface area contributed by atoms with Gasteiger partial charge in [-0.05, 0) is 42.1 Å². The van der Waals surface area contributed by atoms with Gasteiger partial charge in [0.2, 0.25) is 5.89 Å². The van der Waals surface area contributed by atoms with Crippen LogP contribution in [0.15, 0.2) is 52.3 Å². The largest absolute Gasteiger partial charge is 0.420 e. The lowest BCUT2D eigenvalue weighted by Crippen LogP contribution is -2.25. The Labute approximate surface area is 185 Å². The zero-order chi connectivity index (χ0) is 22.0. The van der Waals surface area contributed by atoms with E-state index in [0.717, 1.165) is 17.8 Å². The van der Waals surface area contributed by atoms with Gasteiger partial charge in [0.25, 0.3) is 11.8 Å². The molecule has 0 saturated carbocycles. The van der Waals surface area contributed by atoms with Crippen LogP contribution in [0.3, 0.4) is 0 Å². The lowest BCUT2D eigenvalue weighted by Gasteiger charge is -2.20. The van der Waals surface area contributed by atoms with Crippen LogP contribution in [0.5, 0.6) is 0 Å². The zero-order valence-electron chi connectivity index (χ0n) is 18.0. The summed E-state index contributed by atoms with van der Waals surface area (Å²) >= 11 is 1.70. The van der Waals surface area contributed by atoms with Crippen molar-refractivity contribution in [2.24, 2.45) is 0 Å². The first-order valence-corrected chi connectivity index (χ1v) is 11.0. The molecular formula is C23H25N5O2S. The first-order chi connectivity index (χ1) is 14.8. The van der Waals surface area contributed by atoms with Gasteiger partial charge in [-0.15, -0.1) is 21.5 Å². The molecule has 31 heavy (non-hydrogen) atoms. The highest BCUT2D eigenvalue weighted by Crippen LogP contribution is 2.29. The summed E-state index contributed by atoms with van der Waals surface area (Å²) in [7, 11) is 0. The molecule has 1 amide bonds. The first kappa shape index (κ1) is 21.0. The minimum absolute atomic E-state index is 0.101. The fraction of sp³-hybridized carbons (Fsp3) is 0.304. The number of aryl methyl sites for hydroxylation is 1. The van der Waals surface area contributed by atoms with E-state index >= 15 is 0 Å². The SMILES string of the molecule is Cc1nnc(-c2cc(C(C)(C)C)n(-c3cccc(C(=O)NCCc4cccs4)c3)n2)o1. The summed E-state index contributed by atoms with van der Waals surface area (Å²) in [5, 5.41) is 17.8. The monoisotopic (exact) mass is 435 g/mol. The number of nitrogens with one attached hydrogen (secondary N) is 1. The van der Waals surface area contributed by atoms with Crippen molar-refractivity contribution in [3.63, 3.8) is 0 Å². The van der Waals surface area contributed by atoms with Crippen LogP contribution in [-0.4, -0.2) is 32.4 Å². The van der Waals surface area contributed by atoms with Gasteiger partial charge >= 0.3 is 0 Å². The highest BCUT2D eigenvalue weighted by Gasteiger charge is 2.24. The predicted octanol–water partition coefficient (Wildman–Crippen LogP) is 4.56. The van der Waals surface area contributed by atoms with Gasteiger partial charge in [0, 0.05) is 29.3 Å².